The summed E-state index contributed by atoms with van der Waals surface area (Å²) in [5.41, 5.74) is 4.76. The van der Waals surface area contributed by atoms with Crippen LogP contribution >= 0.6 is 0 Å². The summed E-state index contributed by atoms with van der Waals surface area (Å²) in [5.74, 6) is 0.885. The van der Waals surface area contributed by atoms with Crippen molar-refractivity contribution < 1.29 is 4.74 Å². The van der Waals surface area contributed by atoms with Gasteiger partial charge in [-0.2, -0.15) is 10.2 Å². The average molecular weight is 366 g/mol. The molecule has 1 fully saturated rings. The highest BCUT2D eigenvalue weighted by Crippen LogP contribution is 2.26. The van der Waals surface area contributed by atoms with Crippen molar-refractivity contribution in [3.63, 3.8) is 0 Å². The molecule has 7 heteroatoms. The first-order valence-electron chi connectivity index (χ1n) is 9.35. The summed E-state index contributed by atoms with van der Waals surface area (Å²) in [6.07, 6.45) is 4.43. The van der Waals surface area contributed by atoms with Gasteiger partial charge in [0.2, 0.25) is 0 Å². The van der Waals surface area contributed by atoms with Gasteiger partial charge in [0.15, 0.2) is 0 Å². The van der Waals surface area contributed by atoms with Gasteiger partial charge in [0.05, 0.1) is 25.4 Å². The number of ether oxygens (including phenoxy) is 1. The first kappa shape index (κ1) is 17.7. The van der Waals surface area contributed by atoms with E-state index in [4.69, 9.17) is 4.74 Å². The van der Waals surface area contributed by atoms with Crippen LogP contribution in [0.15, 0.2) is 36.9 Å². The summed E-state index contributed by atoms with van der Waals surface area (Å²) in [4.78, 5) is 6.52. The van der Waals surface area contributed by atoms with Crippen LogP contribution in [0.4, 0.5) is 0 Å². The van der Waals surface area contributed by atoms with Gasteiger partial charge in [-0.15, -0.1) is 0 Å². The van der Waals surface area contributed by atoms with Crippen molar-refractivity contribution in [2.24, 2.45) is 0 Å². The molecule has 0 saturated carbocycles. The fourth-order valence-electron chi connectivity index (χ4n) is 3.97. The van der Waals surface area contributed by atoms with Crippen molar-refractivity contribution in [2.45, 2.75) is 39.4 Å². The fourth-order valence-corrected chi connectivity index (χ4v) is 3.97. The summed E-state index contributed by atoms with van der Waals surface area (Å²) in [5, 5.41) is 8.87. The van der Waals surface area contributed by atoms with E-state index >= 15 is 0 Å². The maximum atomic E-state index is 5.52. The third kappa shape index (κ3) is 3.88. The summed E-state index contributed by atoms with van der Waals surface area (Å²) in [6.45, 7) is 7.92. The minimum Gasteiger partial charge on any atom is -0.496 e. The molecule has 27 heavy (non-hydrogen) atoms. The van der Waals surface area contributed by atoms with E-state index in [-0.39, 0.29) is 0 Å². The Balaban J connectivity index is 1.46. The van der Waals surface area contributed by atoms with Crippen LogP contribution in [0.5, 0.6) is 5.75 Å². The van der Waals surface area contributed by atoms with Gasteiger partial charge in [-0.1, -0.05) is 6.07 Å². The zero-order valence-corrected chi connectivity index (χ0v) is 16.2. The van der Waals surface area contributed by atoms with Crippen LogP contribution in [-0.2, 0) is 13.1 Å². The number of benzene rings is 1. The van der Waals surface area contributed by atoms with Crippen molar-refractivity contribution in [1.29, 1.82) is 0 Å². The van der Waals surface area contributed by atoms with Crippen LogP contribution in [0, 0.1) is 13.8 Å². The molecule has 1 aromatic carbocycles. The van der Waals surface area contributed by atoms with Crippen molar-refractivity contribution in [3.05, 3.63) is 59.4 Å². The minimum absolute atomic E-state index is 0.464. The number of aryl methyl sites for hydroxylation is 2. The number of nitrogens with zero attached hydrogens (tertiary/aromatic N) is 6. The number of hydrogen-bond donors (Lipinski definition) is 0. The molecule has 1 atom stereocenters. The molecule has 2 aromatic heterocycles. The third-order valence-electron chi connectivity index (χ3n) is 5.19. The molecule has 0 bridgehead atoms. The lowest BCUT2D eigenvalue weighted by atomic mass is 10.1. The molecule has 3 heterocycles. The summed E-state index contributed by atoms with van der Waals surface area (Å²) < 4.78 is 9.53. The quantitative estimate of drug-likeness (QED) is 0.671. The molecule has 1 unspecified atom stereocenters. The second-order valence-electron chi connectivity index (χ2n) is 7.29. The molecule has 142 valence electrons. The number of rotatable bonds is 6. The monoisotopic (exact) mass is 366 g/mol. The Bertz CT molecular complexity index is 901. The molecular weight excluding hydrogens is 340 g/mol. The number of likely N-dealkylation sites (tertiary alicyclic amines) is 1. The smallest absolute Gasteiger partial charge is 0.137 e. The van der Waals surface area contributed by atoms with E-state index in [9.17, 15) is 0 Å². The summed E-state index contributed by atoms with van der Waals surface area (Å²) in [6, 6.07) is 9.04. The highest BCUT2D eigenvalue weighted by atomic mass is 16.5. The average Bonchev–Trinajstić information content (AvgIpc) is 3.37. The van der Waals surface area contributed by atoms with Crippen LogP contribution < -0.4 is 4.74 Å². The molecule has 3 aromatic rings. The SMILES string of the molecule is COc1ccc(CN2CCC(n3nc(C)cc3C)C2)cc1Cn1cncn1. The third-order valence-corrected chi connectivity index (χ3v) is 5.19. The van der Waals surface area contributed by atoms with Crippen LogP contribution in [0.2, 0.25) is 0 Å². The zero-order valence-electron chi connectivity index (χ0n) is 16.2. The number of aromatic nitrogens is 5. The van der Waals surface area contributed by atoms with Crippen LogP contribution in [0.1, 0.15) is 35.0 Å². The Hall–Kier alpha value is -2.67. The Morgan fingerprint density at radius 2 is 2.07 bits per heavy atom. The first-order chi connectivity index (χ1) is 13.1. The molecule has 0 amide bonds. The molecule has 7 nitrogen and oxygen atoms in total. The minimum atomic E-state index is 0.464. The van der Waals surface area contributed by atoms with E-state index < -0.39 is 0 Å². The highest BCUT2D eigenvalue weighted by molar-refractivity contribution is 5.37. The van der Waals surface area contributed by atoms with Gasteiger partial charge in [-0.25, -0.2) is 9.67 Å². The Morgan fingerprint density at radius 3 is 2.78 bits per heavy atom. The largest absolute Gasteiger partial charge is 0.496 e. The van der Waals surface area contributed by atoms with E-state index in [1.165, 1.54) is 11.3 Å². The van der Waals surface area contributed by atoms with E-state index in [0.717, 1.165) is 43.1 Å². The topological polar surface area (TPSA) is 61.0 Å². The molecule has 0 N–H and O–H groups in total. The zero-order chi connectivity index (χ0) is 18.8. The van der Waals surface area contributed by atoms with Gasteiger partial charge in [0.25, 0.3) is 0 Å². The lowest BCUT2D eigenvalue weighted by Gasteiger charge is -2.18. The van der Waals surface area contributed by atoms with Crippen LogP contribution in [0.25, 0.3) is 0 Å². The summed E-state index contributed by atoms with van der Waals surface area (Å²) in [7, 11) is 1.71. The molecule has 0 spiro atoms. The van der Waals surface area contributed by atoms with Crippen molar-refractivity contribution in [3.8, 4) is 5.75 Å². The maximum absolute atomic E-state index is 5.52. The molecule has 1 aliphatic rings. The standard InChI is InChI=1S/C20H26N6O/c1-15-8-16(2)26(23-15)19-6-7-24(12-19)10-17-4-5-20(27-3)18(9-17)11-25-14-21-13-22-25/h4-5,8-9,13-14,19H,6-7,10-12H2,1-3H3. The van der Waals surface area contributed by atoms with E-state index in [2.05, 4.69) is 62.9 Å². The summed E-state index contributed by atoms with van der Waals surface area (Å²) >= 11 is 0. The Kier molecular flexibility index (Phi) is 4.94. The lowest BCUT2D eigenvalue weighted by molar-refractivity contribution is 0.310. The van der Waals surface area contributed by atoms with Crippen molar-refractivity contribution in [1.82, 2.24) is 29.4 Å². The van der Waals surface area contributed by atoms with E-state index in [1.807, 2.05) is 4.68 Å². The molecular formula is C20H26N6O. The van der Waals surface area contributed by atoms with Gasteiger partial charge in [0, 0.05) is 30.9 Å². The Labute approximate surface area is 159 Å². The molecule has 4 rings (SSSR count). The normalized spacial score (nSPS) is 17.5. The predicted octanol–water partition coefficient (Wildman–Crippen LogP) is 2.60. The van der Waals surface area contributed by atoms with E-state index in [0.29, 0.717) is 12.6 Å². The molecule has 1 aliphatic heterocycles. The second-order valence-corrected chi connectivity index (χ2v) is 7.29. The van der Waals surface area contributed by atoms with Crippen molar-refractivity contribution >= 4 is 0 Å². The van der Waals surface area contributed by atoms with Gasteiger partial charge in [0.1, 0.15) is 18.4 Å². The van der Waals surface area contributed by atoms with Crippen molar-refractivity contribution in [2.75, 3.05) is 20.2 Å². The molecule has 0 aliphatic carbocycles. The van der Waals surface area contributed by atoms with Gasteiger partial charge < -0.3 is 4.74 Å². The lowest BCUT2D eigenvalue weighted by Crippen LogP contribution is -2.22. The van der Waals surface area contributed by atoms with E-state index in [1.54, 1.807) is 19.8 Å². The van der Waals surface area contributed by atoms with Crippen LogP contribution in [-0.4, -0.2) is 49.6 Å². The number of methoxy groups -OCH3 is 1. The van der Waals surface area contributed by atoms with Gasteiger partial charge in [-0.05, 0) is 44.0 Å². The molecule has 1 saturated heterocycles. The van der Waals surface area contributed by atoms with Crippen LogP contribution in [0.3, 0.4) is 0 Å². The number of hydrogen-bond acceptors (Lipinski definition) is 5. The predicted molar refractivity (Wildman–Crippen MR) is 103 cm³/mol. The fraction of sp³-hybridized carbons (Fsp3) is 0.450. The maximum Gasteiger partial charge on any atom is 0.137 e. The van der Waals surface area contributed by atoms with Gasteiger partial charge in [-0.3, -0.25) is 9.58 Å². The highest BCUT2D eigenvalue weighted by Gasteiger charge is 2.25. The second kappa shape index (κ2) is 7.52. The van der Waals surface area contributed by atoms with Gasteiger partial charge >= 0.3 is 0 Å². The molecule has 0 radical (unpaired) electrons. The Morgan fingerprint density at radius 1 is 1.19 bits per heavy atom. The first-order valence-corrected chi connectivity index (χ1v) is 9.35.